The highest BCUT2D eigenvalue weighted by Crippen LogP contribution is 2.57. The average Bonchev–Trinajstić information content (AvgIpc) is 3.54. The Morgan fingerprint density at radius 3 is 1.40 bits per heavy atom. The molecule has 0 unspecified atom stereocenters. The third kappa shape index (κ3) is 6.90. The monoisotopic (exact) mass is 754 g/mol. The molecule has 0 spiro atoms. The number of rotatable bonds is 13. The SMILES string of the molecule is CCC(C)(CC)Oc1c(C)cc(C2(c3cc(C)c(Oc4ccc(C(=O)c5ccc(C(C)(CC)CC)cc5)cc4)c(C)c3)c3ccccc3-c3ccccc32)cc1C. The first-order valence-electron chi connectivity index (χ1n) is 20.9. The highest BCUT2D eigenvalue weighted by molar-refractivity contribution is 6.09. The second kappa shape index (κ2) is 15.5. The van der Waals surface area contributed by atoms with Crippen molar-refractivity contribution in [2.75, 3.05) is 0 Å². The minimum absolute atomic E-state index is 0.0109. The first kappa shape index (κ1) is 39.8. The van der Waals surface area contributed by atoms with Crippen LogP contribution in [0, 0.1) is 27.7 Å². The van der Waals surface area contributed by atoms with Gasteiger partial charge in [-0.1, -0.05) is 132 Å². The molecule has 0 aliphatic heterocycles. The van der Waals surface area contributed by atoms with Crippen LogP contribution in [0.25, 0.3) is 11.1 Å². The van der Waals surface area contributed by atoms with Gasteiger partial charge in [0.2, 0.25) is 0 Å². The van der Waals surface area contributed by atoms with Gasteiger partial charge in [-0.25, -0.2) is 0 Å². The number of fused-ring (bicyclic) bond motifs is 3. The molecule has 0 N–H and O–H groups in total. The van der Waals surface area contributed by atoms with Crippen molar-refractivity contribution in [3.63, 3.8) is 0 Å². The molecule has 3 nitrogen and oxygen atoms in total. The van der Waals surface area contributed by atoms with E-state index >= 15 is 0 Å². The summed E-state index contributed by atoms with van der Waals surface area (Å²) < 4.78 is 13.4. The van der Waals surface area contributed by atoms with Gasteiger partial charge in [0, 0.05) is 11.1 Å². The molecule has 0 bridgehead atoms. The number of ether oxygens (including phenoxy) is 2. The van der Waals surface area contributed by atoms with Gasteiger partial charge in [0.25, 0.3) is 0 Å². The predicted octanol–water partition coefficient (Wildman–Crippen LogP) is 14.3. The number of hydrogen-bond donors (Lipinski definition) is 0. The van der Waals surface area contributed by atoms with E-state index in [1.54, 1.807) is 0 Å². The Kier molecular flexibility index (Phi) is 10.8. The van der Waals surface area contributed by atoms with Gasteiger partial charge < -0.3 is 9.47 Å². The van der Waals surface area contributed by atoms with Crippen molar-refractivity contribution in [2.45, 2.75) is 111 Å². The summed E-state index contributed by atoms with van der Waals surface area (Å²) in [7, 11) is 0. The Hall–Kier alpha value is -5.41. The van der Waals surface area contributed by atoms with Crippen molar-refractivity contribution in [3.8, 4) is 28.4 Å². The molecule has 0 fully saturated rings. The standard InChI is InChI=1S/C54H58O3/c1-11-52(9,12-2)41-27-23-39(24-28-41)49(55)40-25-29-44(30-26-40)56-50-35(5)31-42(32-36(50)6)54(47-21-17-15-19-45(47)46-20-16-18-22-48(46)54)43-33-37(7)51(38(8)34-43)57-53(10,13-3)14-4/h15-34H,11-14H2,1-10H3. The van der Waals surface area contributed by atoms with Crippen LogP contribution in [0.15, 0.2) is 121 Å². The van der Waals surface area contributed by atoms with E-state index in [1.807, 2.05) is 36.4 Å². The smallest absolute Gasteiger partial charge is 0.193 e. The Morgan fingerprint density at radius 1 is 0.544 bits per heavy atom. The van der Waals surface area contributed by atoms with Gasteiger partial charge >= 0.3 is 0 Å². The van der Waals surface area contributed by atoms with Crippen LogP contribution in [0.4, 0.5) is 0 Å². The molecule has 0 radical (unpaired) electrons. The van der Waals surface area contributed by atoms with Crippen LogP contribution in [-0.2, 0) is 10.8 Å². The lowest BCUT2D eigenvalue weighted by Crippen LogP contribution is -2.32. The van der Waals surface area contributed by atoms with Crippen LogP contribution in [0.3, 0.4) is 0 Å². The van der Waals surface area contributed by atoms with Gasteiger partial charge in [-0.15, -0.1) is 0 Å². The van der Waals surface area contributed by atoms with Crippen molar-refractivity contribution in [3.05, 3.63) is 183 Å². The first-order chi connectivity index (χ1) is 27.3. The summed E-state index contributed by atoms with van der Waals surface area (Å²) in [5, 5.41) is 0. The number of benzene rings is 6. The average molecular weight is 755 g/mol. The van der Waals surface area contributed by atoms with E-state index in [-0.39, 0.29) is 16.8 Å². The summed E-state index contributed by atoms with van der Waals surface area (Å²) in [5.41, 5.74) is 13.8. The van der Waals surface area contributed by atoms with E-state index in [9.17, 15) is 4.79 Å². The largest absolute Gasteiger partial charge is 0.487 e. The minimum atomic E-state index is -0.556. The summed E-state index contributed by atoms with van der Waals surface area (Å²) in [5.74, 6) is 2.51. The Labute approximate surface area is 341 Å². The quantitative estimate of drug-likeness (QED) is 0.110. The molecular formula is C54H58O3. The van der Waals surface area contributed by atoms with Crippen LogP contribution < -0.4 is 9.47 Å². The molecular weight excluding hydrogens is 697 g/mol. The van der Waals surface area contributed by atoms with Crippen molar-refractivity contribution in [2.24, 2.45) is 0 Å². The zero-order valence-corrected chi connectivity index (χ0v) is 35.6. The van der Waals surface area contributed by atoms with Gasteiger partial charge in [-0.3, -0.25) is 4.79 Å². The maximum atomic E-state index is 13.5. The molecule has 6 aromatic rings. The van der Waals surface area contributed by atoms with Crippen LogP contribution in [0.5, 0.6) is 17.2 Å². The summed E-state index contributed by atoms with van der Waals surface area (Å²) in [6.45, 7) is 22.0. The number of ketones is 1. The summed E-state index contributed by atoms with van der Waals surface area (Å²) in [6, 6.07) is 42.8. The molecule has 0 amide bonds. The zero-order chi connectivity index (χ0) is 40.7. The number of hydrogen-bond acceptors (Lipinski definition) is 3. The van der Waals surface area contributed by atoms with Crippen molar-refractivity contribution in [1.29, 1.82) is 0 Å². The van der Waals surface area contributed by atoms with E-state index in [2.05, 4.69) is 154 Å². The van der Waals surface area contributed by atoms with Crippen LogP contribution in [0.1, 0.15) is 133 Å². The molecule has 6 aromatic carbocycles. The molecule has 57 heavy (non-hydrogen) atoms. The fourth-order valence-corrected chi connectivity index (χ4v) is 8.96. The van der Waals surface area contributed by atoms with Gasteiger partial charge in [0.15, 0.2) is 5.78 Å². The third-order valence-electron chi connectivity index (χ3n) is 13.3. The highest BCUT2D eigenvalue weighted by Gasteiger charge is 2.47. The minimum Gasteiger partial charge on any atom is -0.487 e. The Morgan fingerprint density at radius 2 is 0.965 bits per heavy atom. The number of aryl methyl sites for hydroxylation is 4. The van der Waals surface area contributed by atoms with Crippen LogP contribution >= 0.6 is 0 Å². The van der Waals surface area contributed by atoms with Crippen molar-refractivity contribution >= 4 is 5.78 Å². The molecule has 7 rings (SSSR count). The molecule has 1 aliphatic carbocycles. The normalized spacial score (nSPS) is 13.2. The molecule has 292 valence electrons. The maximum Gasteiger partial charge on any atom is 0.193 e. The fraction of sp³-hybridized carbons (Fsp3) is 0.315. The van der Waals surface area contributed by atoms with E-state index in [1.165, 1.54) is 38.9 Å². The van der Waals surface area contributed by atoms with Crippen LogP contribution in [-0.4, -0.2) is 11.4 Å². The maximum absolute atomic E-state index is 13.5. The molecule has 3 heteroatoms. The van der Waals surface area contributed by atoms with E-state index in [0.29, 0.717) is 16.9 Å². The lowest BCUT2D eigenvalue weighted by molar-refractivity contribution is 0.0785. The summed E-state index contributed by atoms with van der Waals surface area (Å²) in [6.07, 6.45) is 4.00. The van der Waals surface area contributed by atoms with E-state index < -0.39 is 5.41 Å². The van der Waals surface area contributed by atoms with Gasteiger partial charge in [0.05, 0.1) is 5.41 Å². The molecule has 0 heterocycles. The molecule has 0 aromatic heterocycles. The molecule has 0 saturated heterocycles. The van der Waals surface area contributed by atoms with Crippen molar-refractivity contribution in [1.82, 2.24) is 0 Å². The molecule has 0 saturated carbocycles. The molecule has 1 aliphatic rings. The van der Waals surface area contributed by atoms with E-state index in [0.717, 1.165) is 59.4 Å². The summed E-state index contributed by atoms with van der Waals surface area (Å²) in [4.78, 5) is 13.5. The Balaban J connectivity index is 1.26. The number of carbonyl (C=O) groups is 1. The zero-order valence-electron chi connectivity index (χ0n) is 35.6. The second-order valence-electron chi connectivity index (χ2n) is 16.8. The van der Waals surface area contributed by atoms with Crippen LogP contribution in [0.2, 0.25) is 0 Å². The van der Waals surface area contributed by atoms with E-state index in [4.69, 9.17) is 9.47 Å². The summed E-state index contributed by atoms with van der Waals surface area (Å²) >= 11 is 0. The predicted molar refractivity (Wildman–Crippen MR) is 237 cm³/mol. The lowest BCUT2D eigenvalue weighted by atomic mass is 9.66. The third-order valence-corrected chi connectivity index (χ3v) is 13.3. The fourth-order valence-electron chi connectivity index (χ4n) is 8.96. The van der Waals surface area contributed by atoms with Gasteiger partial charge in [0.1, 0.15) is 22.8 Å². The highest BCUT2D eigenvalue weighted by atomic mass is 16.5. The van der Waals surface area contributed by atoms with Crippen molar-refractivity contribution < 1.29 is 14.3 Å². The topological polar surface area (TPSA) is 35.5 Å². The molecule has 0 atom stereocenters. The van der Waals surface area contributed by atoms with Gasteiger partial charge in [-0.2, -0.15) is 0 Å². The van der Waals surface area contributed by atoms with Gasteiger partial charge in [-0.05, 0) is 151 Å². The second-order valence-corrected chi connectivity index (χ2v) is 16.8. The number of carbonyl (C=O) groups excluding carboxylic acids is 1. The Bertz CT molecular complexity index is 2330. The lowest BCUT2D eigenvalue weighted by Gasteiger charge is -2.36. The first-order valence-corrected chi connectivity index (χ1v) is 20.9.